The van der Waals surface area contributed by atoms with Gasteiger partial charge in [-0.25, -0.2) is 4.98 Å². The van der Waals surface area contributed by atoms with Gasteiger partial charge in [-0.1, -0.05) is 26.0 Å². The summed E-state index contributed by atoms with van der Waals surface area (Å²) in [6, 6.07) is 8.13. The maximum atomic E-state index is 5.14. The molecule has 0 aliphatic rings. The second-order valence-corrected chi connectivity index (χ2v) is 5.39. The van der Waals surface area contributed by atoms with E-state index >= 15 is 0 Å². The SMILES string of the molecule is COc1ccc(CCNc2nc(C(C)C)ns2)cc1. The van der Waals surface area contributed by atoms with Crippen LogP contribution >= 0.6 is 11.5 Å². The Labute approximate surface area is 118 Å². The molecule has 2 aromatic rings. The van der Waals surface area contributed by atoms with Crippen LogP contribution < -0.4 is 10.1 Å². The molecule has 0 atom stereocenters. The van der Waals surface area contributed by atoms with E-state index in [0.717, 1.165) is 29.7 Å². The Morgan fingerprint density at radius 2 is 2.00 bits per heavy atom. The van der Waals surface area contributed by atoms with Crippen LogP contribution in [0.25, 0.3) is 0 Å². The first-order valence-electron chi connectivity index (χ1n) is 6.39. The summed E-state index contributed by atoms with van der Waals surface area (Å²) in [5, 5.41) is 4.21. The predicted octanol–water partition coefficient (Wildman–Crippen LogP) is 3.32. The van der Waals surface area contributed by atoms with Crippen molar-refractivity contribution >= 4 is 16.7 Å². The molecule has 0 bridgehead atoms. The summed E-state index contributed by atoms with van der Waals surface area (Å²) >= 11 is 1.43. The number of rotatable bonds is 6. The molecule has 0 radical (unpaired) electrons. The van der Waals surface area contributed by atoms with Gasteiger partial charge in [0.25, 0.3) is 0 Å². The van der Waals surface area contributed by atoms with Crippen molar-refractivity contribution < 1.29 is 4.74 Å². The van der Waals surface area contributed by atoms with E-state index in [2.05, 4.69) is 40.7 Å². The first kappa shape index (κ1) is 13.8. The van der Waals surface area contributed by atoms with Crippen molar-refractivity contribution in [2.45, 2.75) is 26.2 Å². The molecule has 0 amide bonds. The molecule has 1 aromatic carbocycles. The average Bonchev–Trinajstić information content (AvgIpc) is 2.89. The standard InChI is InChI=1S/C14H19N3OS/c1-10(2)13-16-14(19-17-13)15-9-8-11-4-6-12(18-3)7-5-11/h4-7,10H,8-9H2,1-3H3,(H,15,16,17). The van der Waals surface area contributed by atoms with Crippen molar-refractivity contribution in [1.82, 2.24) is 9.36 Å². The van der Waals surface area contributed by atoms with Crippen LogP contribution in [0, 0.1) is 0 Å². The molecule has 102 valence electrons. The fourth-order valence-electron chi connectivity index (χ4n) is 1.65. The molecule has 5 heteroatoms. The number of aromatic nitrogens is 2. The van der Waals surface area contributed by atoms with Gasteiger partial charge in [-0.15, -0.1) is 0 Å². The van der Waals surface area contributed by atoms with Crippen molar-refractivity contribution in [1.29, 1.82) is 0 Å². The van der Waals surface area contributed by atoms with Gasteiger partial charge in [-0.05, 0) is 24.1 Å². The molecule has 1 N–H and O–H groups in total. The molecular formula is C14H19N3OS. The monoisotopic (exact) mass is 277 g/mol. The fraction of sp³-hybridized carbons (Fsp3) is 0.429. The molecule has 0 aliphatic heterocycles. The number of hydrogen-bond donors (Lipinski definition) is 1. The van der Waals surface area contributed by atoms with Crippen molar-refractivity contribution in [2.75, 3.05) is 19.0 Å². The zero-order valence-corrected chi connectivity index (χ0v) is 12.3. The van der Waals surface area contributed by atoms with Crippen LogP contribution in [0.2, 0.25) is 0 Å². The Hall–Kier alpha value is -1.62. The van der Waals surface area contributed by atoms with Gasteiger partial charge in [-0.3, -0.25) is 0 Å². The lowest BCUT2D eigenvalue weighted by Crippen LogP contribution is -2.04. The first-order valence-corrected chi connectivity index (χ1v) is 7.17. The van der Waals surface area contributed by atoms with Gasteiger partial charge in [-0.2, -0.15) is 4.37 Å². The third-order valence-electron chi connectivity index (χ3n) is 2.81. The third kappa shape index (κ3) is 3.92. The van der Waals surface area contributed by atoms with Gasteiger partial charge < -0.3 is 10.1 Å². The molecule has 0 saturated carbocycles. The number of hydrogen-bond acceptors (Lipinski definition) is 5. The summed E-state index contributed by atoms with van der Waals surface area (Å²) < 4.78 is 9.45. The van der Waals surface area contributed by atoms with E-state index in [1.807, 2.05) is 12.1 Å². The van der Waals surface area contributed by atoms with E-state index in [0.29, 0.717) is 5.92 Å². The highest BCUT2D eigenvalue weighted by atomic mass is 32.1. The highest BCUT2D eigenvalue weighted by molar-refractivity contribution is 7.09. The lowest BCUT2D eigenvalue weighted by atomic mass is 10.1. The summed E-state index contributed by atoms with van der Waals surface area (Å²) in [4.78, 5) is 4.44. The average molecular weight is 277 g/mol. The lowest BCUT2D eigenvalue weighted by Gasteiger charge is -2.04. The maximum absolute atomic E-state index is 5.14. The molecule has 4 nitrogen and oxygen atoms in total. The summed E-state index contributed by atoms with van der Waals surface area (Å²) in [7, 11) is 1.68. The number of nitrogens with one attached hydrogen (secondary N) is 1. The topological polar surface area (TPSA) is 47.0 Å². The van der Waals surface area contributed by atoms with Crippen molar-refractivity contribution in [3.63, 3.8) is 0 Å². The highest BCUT2D eigenvalue weighted by Crippen LogP contribution is 2.17. The van der Waals surface area contributed by atoms with Crippen molar-refractivity contribution in [2.24, 2.45) is 0 Å². The Balaban J connectivity index is 1.81. The van der Waals surface area contributed by atoms with Crippen LogP contribution in [-0.4, -0.2) is 23.0 Å². The Morgan fingerprint density at radius 3 is 2.58 bits per heavy atom. The maximum Gasteiger partial charge on any atom is 0.202 e. The molecule has 19 heavy (non-hydrogen) atoms. The Kier molecular flexibility index (Phi) is 4.74. The van der Waals surface area contributed by atoms with Gasteiger partial charge in [0.15, 0.2) is 0 Å². The van der Waals surface area contributed by atoms with E-state index < -0.39 is 0 Å². The quantitative estimate of drug-likeness (QED) is 0.880. The second kappa shape index (κ2) is 6.52. The van der Waals surface area contributed by atoms with Crippen LogP contribution in [0.1, 0.15) is 31.2 Å². The molecule has 0 saturated heterocycles. The van der Waals surface area contributed by atoms with E-state index in [9.17, 15) is 0 Å². The normalized spacial score (nSPS) is 10.7. The predicted molar refractivity (Wildman–Crippen MR) is 79.2 cm³/mol. The van der Waals surface area contributed by atoms with Gasteiger partial charge in [0, 0.05) is 24.0 Å². The number of methoxy groups -OCH3 is 1. The van der Waals surface area contributed by atoms with E-state index in [4.69, 9.17) is 4.74 Å². The van der Waals surface area contributed by atoms with Crippen LogP contribution in [0.4, 0.5) is 5.13 Å². The molecule has 1 heterocycles. The second-order valence-electron chi connectivity index (χ2n) is 4.64. The molecule has 0 spiro atoms. The van der Waals surface area contributed by atoms with Gasteiger partial charge in [0.2, 0.25) is 5.13 Å². The van der Waals surface area contributed by atoms with Crippen LogP contribution in [0.15, 0.2) is 24.3 Å². The third-order valence-corrected chi connectivity index (χ3v) is 3.49. The van der Waals surface area contributed by atoms with Gasteiger partial charge in [0.1, 0.15) is 11.6 Å². The first-order chi connectivity index (χ1) is 9.19. The number of anilines is 1. The van der Waals surface area contributed by atoms with Crippen molar-refractivity contribution in [3.05, 3.63) is 35.7 Å². The summed E-state index contributed by atoms with van der Waals surface area (Å²) in [6.07, 6.45) is 0.959. The van der Waals surface area contributed by atoms with Crippen LogP contribution in [0.3, 0.4) is 0 Å². The molecular weight excluding hydrogens is 258 g/mol. The zero-order chi connectivity index (χ0) is 13.7. The largest absolute Gasteiger partial charge is 0.497 e. The van der Waals surface area contributed by atoms with E-state index in [1.54, 1.807) is 7.11 Å². The minimum atomic E-state index is 0.383. The fourth-order valence-corrected chi connectivity index (χ4v) is 2.38. The highest BCUT2D eigenvalue weighted by Gasteiger charge is 2.06. The Morgan fingerprint density at radius 1 is 1.26 bits per heavy atom. The molecule has 2 rings (SSSR count). The summed E-state index contributed by atoms with van der Waals surface area (Å²) in [5.74, 6) is 2.19. The Bertz CT molecular complexity index is 508. The molecule has 0 aliphatic carbocycles. The molecule has 1 aromatic heterocycles. The number of nitrogens with zero attached hydrogens (tertiary/aromatic N) is 2. The number of ether oxygens (including phenoxy) is 1. The zero-order valence-electron chi connectivity index (χ0n) is 11.5. The summed E-state index contributed by atoms with van der Waals surface area (Å²) in [6.45, 7) is 5.06. The minimum absolute atomic E-state index is 0.383. The molecule has 0 fully saturated rings. The lowest BCUT2D eigenvalue weighted by molar-refractivity contribution is 0.414. The van der Waals surface area contributed by atoms with Crippen molar-refractivity contribution in [3.8, 4) is 5.75 Å². The van der Waals surface area contributed by atoms with Crippen LogP contribution in [-0.2, 0) is 6.42 Å². The van der Waals surface area contributed by atoms with Crippen LogP contribution in [0.5, 0.6) is 5.75 Å². The smallest absolute Gasteiger partial charge is 0.202 e. The molecule has 0 unspecified atom stereocenters. The summed E-state index contributed by atoms with van der Waals surface area (Å²) in [5.41, 5.74) is 1.28. The van der Waals surface area contributed by atoms with Gasteiger partial charge >= 0.3 is 0 Å². The van der Waals surface area contributed by atoms with Gasteiger partial charge in [0.05, 0.1) is 7.11 Å². The number of benzene rings is 1. The van der Waals surface area contributed by atoms with E-state index in [1.165, 1.54) is 17.1 Å². The van der Waals surface area contributed by atoms with E-state index in [-0.39, 0.29) is 0 Å². The minimum Gasteiger partial charge on any atom is -0.497 e.